The van der Waals surface area contributed by atoms with E-state index in [9.17, 15) is 0 Å². The summed E-state index contributed by atoms with van der Waals surface area (Å²) < 4.78 is 0. The van der Waals surface area contributed by atoms with Crippen LogP contribution in [0.25, 0.3) is 0 Å². The van der Waals surface area contributed by atoms with Gasteiger partial charge in [-0.3, -0.25) is 0 Å². The lowest BCUT2D eigenvalue weighted by molar-refractivity contribution is 0.0343. The Morgan fingerprint density at radius 1 is 1.00 bits per heavy atom. The molecule has 13 heavy (non-hydrogen) atoms. The highest BCUT2D eigenvalue weighted by atomic mass is 15.2. The molecule has 0 N–H and O–H groups in total. The molecule has 0 atom stereocenters. The standard InChI is InChI=1S/C9H20N2.C2H6/c1-10(2)8-9(11(3)4)6-5-7-9;1-2/h5-8H2,1-4H3;1-2H3. The van der Waals surface area contributed by atoms with Crippen LogP contribution < -0.4 is 0 Å². The lowest BCUT2D eigenvalue weighted by Crippen LogP contribution is -2.56. The van der Waals surface area contributed by atoms with Gasteiger partial charge in [-0.15, -0.1) is 0 Å². The predicted molar refractivity (Wildman–Crippen MR) is 60.2 cm³/mol. The molecule has 0 heterocycles. The van der Waals surface area contributed by atoms with Crippen molar-refractivity contribution >= 4 is 0 Å². The van der Waals surface area contributed by atoms with E-state index in [0.717, 1.165) is 0 Å². The Labute approximate surface area is 83.9 Å². The first-order chi connectivity index (χ1) is 6.07. The highest BCUT2D eigenvalue weighted by molar-refractivity contribution is 4.97. The summed E-state index contributed by atoms with van der Waals surface area (Å²) in [5, 5.41) is 0. The summed E-state index contributed by atoms with van der Waals surface area (Å²) in [7, 11) is 8.71. The van der Waals surface area contributed by atoms with Crippen LogP contribution in [0.3, 0.4) is 0 Å². The quantitative estimate of drug-likeness (QED) is 0.665. The zero-order chi connectivity index (χ0) is 10.5. The van der Waals surface area contributed by atoms with Crippen LogP contribution in [0.4, 0.5) is 0 Å². The SMILES string of the molecule is CC.CN(C)CC1(N(C)C)CCC1. The minimum absolute atomic E-state index is 0.503. The maximum Gasteiger partial charge on any atom is 0.0330 e. The van der Waals surface area contributed by atoms with Crippen molar-refractivity contribution < 1.29 is 0 Å². The lowest BCUT2D eigenvalue weighted by Gasteiger charge is -2.48. The zero-order valence-corrected chi connectivity index (χ0v) is 10.2. The van der Waals surface area contributed by atoms with E-state index < -0.39 is 0 Å². The van der Waals surface area contributed by atoms with Crippen LogP contribution in [0.1, 0.15) is 33.1 Å². The second-order valence-electron chi connectivity index (χ2n) is 4.21. The molecule has 0 bridgehead atoms. The van der Waals surface area contributed by atoms with Crippen molar-refractivity contribution in [2.75, 3.05) is 34.7 Å². The van der Waals surface area contributed by atoms with Gasteiger partial charge in [-0.05, 0) is 47.5 Å². The number of likely N-dealkylation sites (N-methyl/N-ethyl adjacent to an activating group) is 2. The normalized spacial score (nSPS) is 19.4. The second-order valence-corrected chi connectivity index (χ2v) is 4.21. The van der Waals surface area contributed by atoms with E-state index >= 15 is 0 Å². The van der Waals surface area contributed by atoms with Crippen molar-refractivity contribution in [2.45, 2.75) is 38.6 Å². The number of hydrogen-bond donors (Lipinski definition) is 0. The summed E-state index contributed by atoms with van der Waals surface area (Å²) in [4.78, 5) is 4.68. The topological polar surface area (TPSA) is 6.48 Å². The van der Waals surface area contributed by atoms with Gasteiger partial charge in [0.05, 0.1) is 0 Å². The summed E-state index contributed by atoms with van der Waals surface area (Å²) in [6.45, 7) is 5.21. The summed E-state index contributed by atoms with van der Waals surface area (Å²) in [5.74, 6) is 0. The van der Waals surface area contributed by atoms with Crippen molar-refractivity contribution in [3.8, 4) is 0 Å². The fraction of sp³-hybridized carbons (Fsp3) is 1.00. The Kier molecular flexibility index (Phi) is 5.57. The van der Waals surface area contributed by atoms with Crippen LogP contribution in [0, 0.1) is 0 Å². The molecule has 2 nitrogen and oxygen atoms in total. The average Bonchev–Trinajstić information content (AvgIpc) is 2.00. The monoisotopic (exact) mass is 186 g/mol. The summed E-state index contributed by atoms with van der Waals surface area (Å²) in [6.07, 6.45) is 4.16. The van der Waals surface area contributed by atoms with E-state index in [2.05, 4.69) is 38.0 Å². The molecule has 1 aliphatic carbocycles. The Bertz CT molecular complexity index is 126. The first-order valence-electron chi connectivity index (χ1n) is 5.39. The Hall–Kier alpha value is -0.0800. The summed E-state index contributed by atoms with van der Waals surface area (Å²) >= 11 is 0. The third kappa shape index (κ3) is 3.28. The van der Waals surface area contributed by atoms with E-state index in [4.69, 9.17) is 0 Å². The van der Waals surface area contributed by atoms with Gasteiger partial charge in [-0.1, -0.05) is 13.8 Å². The first kappa shape index (κ1) is 12.9. The number of rotatable bonds is 3. The van der Waals surface area contributed by atoms with Crippen molar-refractivity contribution in [3.05, 3.63) is 0 Å². The molecule has 1 fully saturated rings. The highest BCUT2D eigenvalue weighted by Gasteiger charge is 2.38. The molecule has 0 saturated heterocycles. The fourth-order valence-electron chi connectivity index (χ4n) is 1.92. The van der Waals surface area contributed by atoms with E-state index in [1.54, 1.807) is 0 Å². The smallest absolute Gasteiger partial charge is 0.0330 e. The van der Waals surface area contributed by atoms with Gasteiger partial charge in [0, 0.05) is 12.1 Å². The van der Waals surface area contributed by atoms with E-state index in [1.807, 2.05) is 13.8 Å². The molecular formula is C11H26N2. The third-order valence-corrected chi connectivity index (χ3v) is 2.84. The van der Waals surface area contributed by atoms with Crippen molar-refractivity contribution in [1.29, 1.82) is 0 Å². The molecule has 80 valence electrons. The largest absolute Gasteiger partial charge is 0.308 e. The van der Waals surface area contributed by atoms with Crippen LogP contribution in [0.15, 0.2) is 0 Å². The van der Waals surface area contributed by atoms with Crippen LogP contribution in [0.2, 0.25) is 0 Å². The van der Waals surface area contributed by atoms with Gasteiger partial charge < -0.3 is 9.80 Å². The highest BCUT2D eigenvalue weighted by Crippen LogP contribution is 2.36. The van der Waals surface area contributed by atoms with Gasteiger partial charge in [-0.2, -0.15) is 0 Å². The molecular weight excluding hydrogens is 160 g/mol. The second kappa shape index (κ2) is 5.61. The van der Waals surface area contributed by atoms with Crippen molar-refractivity contribution in [2.24, 2.45) is 0 Å². The summed E-state index contributed by atoms with van der Waals surface area (Å²) in [6, 6.07) is 0. The molecule has 0 amide bonds. The predicted octanol–water partition coefficient (Wildman–Crippen LogP) is 2.06. The third-order valence-electron chi connectivity index (χ3n) is 2.84. The molecule has 1 aliphatic rings. The van der Waals surface area contributed by atoms with Crippen LogP contribution in [0.5, 0.6) is 0 Å². The minimum atomic E-state index is 0.503. The van der Waals surface area contributed by atoms with Crippen LogP contribution in [-0.2, 0) is 0 Å². The molecule has 2 heteroatoms. The molecule has 0 aromatic heterocycles. The van der Waals surface area contributed by atoms with Gasteiger partial charge in [0.1, 0.15) is 0 Å². The maximum atomic E-state index is 2.39. The lowest BCUT2D eigenvalue weighted by atomic mass is 9.75. The minimum Gasteiger partial charge on any atom is -0.308 e. The van der Waals surface area contributed by atoms with Gasteiger partial charge in [0.15, 0.2) is 0 Å². The van der Waals surface area contributed by atoms with Gasteiger partial charge in [0.2, 0.25) is 0 Å². The average molecular weight is 186 g/mol. The zero-order valence-electron chi connectivity index (χ0n) is 10.2. The van der Waals surface area contributed by atoms with Gasteiger partial charge in [-0.25, -0.2) is 0 Å². The number of nitrogens with zero attached hydrogens (tertiary/aromatic N) is 2. The number of hydrogen-bond acceptors (Lipinski definition) is 2. The van der Waals surface area contributed by atoms with Crippen molar-refractivity contribution in [1.82, 2.24) is 9.80 Å². The molecule has 1 rings (SSSR count). The van der Waals surface area contributed by atoms with E-state index in [0.29, 0.717) is 5.54 Å². The van der Waals surface area contributed by atoms with E-state index in [1.165, 1.54) is 25.8 Å². The van der Waals surface area contributed by atoms with Crippen LogP contribution in [-0.4, -0.2) is 50.1 Å². The Balaban J connectivity index is 0.000000671. The molecule has 0 aromatic carbocycles. The molecule has 1 saturated carbocycles. The van der Waals surface area contributed by atoms with Gasteiger partial charge >= 0.3 is 0 Å². The molecule has 0 radical (unpaired) electrons. The van der Waals surface area contributed by atoms with Gasteiger partial charge in [0.25, 0.3) is 0 Å². The maximum absolute atomic E-state index is 2.39. The van der Waals surface area contributed by atoms with Crippen molar-refractivity contribution in [3.63, 3.8) is 0 Å². The Morgan fingerprint density at radius 3 is 1.54 bits per heavy atom. The summed E-state index contributed by atoms with van der Waals surface area (Å²) in [5.41, 5.74) is 0.503. The molecule has 0 unspecified atom stereocenters. The van der Waals surface area contributed by atoms with Crippen LogP contribution >= 0.6 is 0 Å². The Morgan fingerprint density at radius 2 is 1.46 bits per heavy atom. The fourth-order valence-corrected chi connectivity index (χ4v) is 1.92. The molecule has 0 spiro atoms. The molecule has 0 aromatic rings. The first-order valence-corrected chi connectivity index (χ1v) is 5.39. The van der Waals surface area contributed by atoms with E-state index in [-0.39, 0.29) is 0 Å². The molecule has 0 aliphatic heterocycles.